The molecular formula is C26H37N3O6S. The molecule has 0 aromatic heterocycles. The number of ether oxygens (including phenoxy) is 2. The van der Waals surface area contributed by atoms with Crippen LogP contribution in [0.5, 0.6) is 0 Å². The number of nitrogens with zero attached hydrogens (tertiary/aromatic N) is 1. The Morgan fingerprint density at radius 3 is 2.56 bits per heavy atom. The summed E-state index contributed by atoms with van der Waals surface area (Å²) in [4.78, 5) is 13.5. The summed E-state index contributed by atoms with van der Waals surface area (Å²) in [7, 11) is 0. The molecule has 36 heavy (non-hydrogen) atoms. The predicted octanol–water partition coefficient (Wildman–Crippen LogP) is 0.720. The first-order valence-electron chi connectivity index (χ1n) is 12.6. The molecule has 9 nitrogen and oxygen atoms in total. The Kier molecular flexibility index (Phi) is 8.94. The number of aliphatic hydroxyl groups excluding tert-OH is 3. The Morgan fingerprint density at radius 1 is 1.19 bits per heavy atom. The van der Waals surface area contributed by atoms with Crippen LogP contribution in [-0.2, 0) is 14.3 Å². The standard InChI is InChI=1S/C26H37N3O6S/c1-13(2)18(24-21(31)20(30)22(32)26(35-24)36-3)29-25(33)19-23-17(12-28-19)10-16(8-9-34-23)15-6-4-14(11-27)5-7-15/h4-7,13,16-24,26,28,30-32H,8-10,12H2,1-3H3,(H,29,33)/t16-,17+,18-,19+,20?,21?,22-,23-,24-,26?/m1/s1. The maximum absolute atomic E-state index is 13.5. The summed E-state index contributed by atoms with van der Waals surface area (Å²) in [6.07, 6.45) is -1.56. The summed E-state index contributed by atoms with van der Waals surface area (Å²) in [5.74, 6) is 0.138. The normalized spacial score (nSPS) is 37.6. The molecule has 4 rings (SSSR count). The van der Waals surface area contributed by atoms with E-state index in [2.05, 4.69) is 16.7 Å². The van der Waals surface area contributed by atoms with Crippen molar-refractivity contribution in [1.29, 1.82) is 5.26 Å². The number of nitriles is 1. The van der Waals surface area contributed by atoms with E-state index in [4.69, 9.17) is 14.7 Å². The summed E-state index contributed by atoms with van der Waals surface area (Å²) in [6, 6.07) is 8.74. The van der Waals surface area contributed by atoms with Crippen molar-refractivity contribution in [3.8, 4) is 6.07 Å². The van der Waals surface area contributed by atoms with Gasteiger partial charge < -0.3 is 35.4 Å². The molecule has 3 unspecified atom stereocenters. The molecule has 10 atom stereocenters. The maximum Gasteiger partial charge on any atom is 0.240 e. The number of carbonyl (C=O) groups excluding carboxylic acids is 1. The van der Waals surface area contributed by atoms with Crippen LogP contribution in [0.25, 0.3) is 0 Å². The van der Waals surface area contributed by atoms with Crippen LogP contribution in [0.15, 0.2) is 24.3 Å². The predicted molar refractivity (Wildman–Crippen MR) is 135 cm³/mol. The van der Waals surface area contributed by atoms with E-state index in [1.165, 1.54) is 17.3 Å². The molecule has 3 saturated heterocycles. The van der Waals surface area contributed by atoms with Crippen LogP contribution in [0, 0.1) is 23.2 Å². The van der Waals surface area contributed by atoms with Gasteiger partial charge in [-0.3, -0.25) is 4.79 Å². The largest absolute Gasteiger partial charge is 0.388 e. The van der Waals surface area contributed by atoms with Crippen LogP contribution >= 0.6 is 11.8 Å². The lowest BCUT2D eigenvalue weighted by atomic mass is 9.85. The van der Waals surface area contributed by atoms with E-state index < -0.39 is 41.9 Å². The zero-order valence-electron chi connectivity index (χ0n) is 20.9. The third kappa shape index (κ3) is 5.58. The second kappa shape index (κ2) is 11.8. The van der Waals surface area contributed by atoms with Gasteiger partial charge >= 0.3 is 0 Å². The fraction of sp³-hybridized carbons (Fsp3) is 0.692. The smallest absolute Gasteiger partial charge is 0.240 e. The van der Waals surface area contributed by atoms with Gasteiger partial charge in [0.25, 0.3) is 0 Å². The molecule has 3 aliphatic heterocycles. The van der Waals surface area contributed by atoms with Crippen LogP contribution < -0.4 is 10.6 Å². The van der Waals surface area contributed by atoms with Gasteiger partial charge in [-0.1, -0.05) is 26.0 Å². The van der Waals surface area contributed by atoms with Crippen molar-refractivity contribution in [2.24, 2.45) is 11.8 Å². The third-order valence-electron chi connectivity index (χ3n) is 7.77. The Morgan fingerprint density at radius 2 is 1.92 bits per heavy atom. The maximum atomic E-state index is 13.5. The number of hydrogen-bond donors (Lipinski definition) is 5. The average molecular weight is 520 g/mol. The number of amides is 1. The molecule has 0 bridgehead atoms. The summed E-state index contributed by atoms with van der Waals surface area (Å²) in [5, 5.41) is 46.7. The van der Waals surface area contributed by atoms with Crippen LogP contribution in [0.1, 0.15) is 43.7 Å². The molecule has 198 valence electrons. The van der Waals surface area contributed by atoms with Gasteiger partial charge in [-0.2, -0.15) is 5.26 Å². The van der Waals surface area contributed by atoms with E-state index in [0.29, 0.717) is 24.6 Å². The number of carbonyl (C=O) groups is 1. The van der Waals surface area contributed by atoms with E-state index >= 15 is 0 Å². The molecular weight excluding hydrogens is 482 g/mol. The van der Waals surface area contributed by atoms with Crippen LogP contribution in [0.2, 0.25) is 0 Å². The van der Waals surface area contributed by atoms with Crippen molar-refractivity contribution >= 4 is 17.7 Å². The topological polar surface area (TPSA) is 144 Å². The fourth-order valence-electron chi connectivity index (χ4n) is 5.68. The molecule has 3 heterocycles. The molecule has 1 aromatic rings. The number of nitrogens with one attached hydrogen (secondary N) is 2. The van der Waals surface area contributed by atoms with Crippen molar-refractivity contribution in [2.45, 2.75) is 80.6 Å². The lowest BCUT2D eigenvalue weighted by Gasteiger charge is -2.44. The van der Waals surface area contributed by atoms with Crippen molar-refractivity contribution < 1.29 is 29.6 Å². The molecule has 3 aliphatic rings. The Hall–Kier alpha value is -1.71. The van der Waals surface area contributed by atoms with Gasteiger partial charge in [0.15, 0.2) is 0 Å². The highest BCUT2D eigenvalue weighted by Crippen LogP contribution is 2.36. The van der Waals surface area contributed by atoms with Gasteiger partial charge in [0.05, 0.1) is 23.8 Å². The molecule has 5 N–H and O–H groups in total. The van der Waals surface area contributed by atoms with E-state index in [1.807, 2.05) is 38.1 Å². The van der Waals surface area contributed by atoms with Gasteiger partial charge in [0.1, 0.15) is 35.9 Å². The Bertz CT molecular complexity index is 939. The number of rotatable bonds is 6. The first-order valence-corrected chi connectivity index (χ1v) is 13.9. The van der Waals surface area contributed by atoms with Gasteiger partial charge in [-0.25, -0.2) is 0 Å². The van der Waals surface area contributed by atoms with E-state index in [-0.39, 0.29) is 23.8 Å². The molecule has 0 aliphatic carbocycles. The molecule has 3 fully saturated rings. The van der Waals surface area contributed by atoms with Crippen LogP contribution in [-0.4, -0.2) is 88.7 Å². The lowest BCUT2D eigenvalue weighted by molar-refractivity contribution is -0.208. The molecule has 1 aromatic carbocycles. The minimum Gasteiger partial charge on any atom is -0.388 e. The second-order valence-electron chi connectivity index (χ2n) is 10.4. The van der Waals surface area contributed by atoms with Gasteiger partial charge in [0, 0.05) is 19.1 Å². The van der Waals surface area contributed by atoms with Crippen molar-refractivity contribution in [3.63, 3.8) is 0 Å². The zero-order chi connectivity index (χ0) is 26.0. The molecule has 10 heteroatoms. The minimum absolute atomic E-state index is 0.0911. The van der Waals surface area contributed by atoms with E-state index in [0.717, 1.165) is 12.8 Å². The summed E-state index contributed by atoms with van der Waals surface area (Å²) in [6.45, 7) is 5.03. The van der Waals surface area contributed by atoms with Gasteiger partial charge in [0.2, 0.25) is 5.91 Å². The van der Waals surface area contributed by atoms with Gasteiger partial charge in [-0.05, 0) is 48.6 Å². The molecule has 1 amide bonds. The fourth-order valence-corrected chi connectivity index (χ4v) is 6.36. The van der Waals surface area contributed by atoms with E-state index in [1.54, 1.807) is 6.26 Å². The highest BCUT2D eigenvalue weighted by atomic mass is 32.2. The van der Waals surface area contributed by atoms with Crippen molar-refractivity contribution in [1.82, 2.24) is 10.6 Å². The molecule has 0 spiro atoms. The number of thioether (sulfide) groups is 1. The van der Waals surface area contributed by atoms with Crippen molar-refractivity contribution in [3.05, 3.63) is 35.4 Å². The monoisotopic (exact) mass is 519 g/mol. The third-order valence-corrected chi connectivity index (χ3v) is 8.63. The quantitative estimate of drug-likeness (QED) is 0.367. The number of aliphatic hydroxyl groups is 3. The number of benzene rings is 1. The molecule has 0 radical (unpaired) electrons. The average Bonchev–Trinajstić information content (AvgIpc) is 3.16. The number of hydrogen-bond acceptors (Lipinski definition) is 9. The Balaban J connectivity index is 1.43. The van der Waals surface area contributed by atoms with Gasteiger partial charge in [-0.15, -0.1) is 11.8 Å². The van der Waals surface area contributed by atoms with E-state index in [9.17, 15) is 20.1 Å². The highest BCUT2D eigenvalue weighted by molar-refractivity contribution is 7.99. The minimum atomic E-state index is -1.36. The zero-order valence-corrected chi connectivity index (χ0v) is 21.7. The summed E-state index contributed by atoms with van der Waals surface area (Å²) in [5.41, 5.74) is 1.11. The molecule has 0 saturated carbocycles. The first kappa shape index (κ1) is 27.3. The summed E-state index contributed by atoms with van der Waals surface area (Å²) >= 11 is 1.25. The highest BCUT2D eigenvalue weighted by Gasteiger charge is 2.49. The van der Waals surface area contributed by atoms with Crippen molar-refractivity contribution in [2.75, 3.05) is 19.4 Å². The lowest BCUT2D eigenvalue weighted by Crippen LogP contribution is -2.65. The SMILES string of the molecule is CSC1O[C@H]([C@H](NC(=O)[C@H]2NC[C@@H]3C[C@H](c4ccc(C#N)cc4)CCO[C@H]32)C(C)C)C(O)C(O)[C@H]1O. The second-order valence-corrected chi connectivity index (χ2v) is 11.3. The van der Waals surface area contributed by atoms with Crippen LogP contribution in [0.4, 0.5) is 0 Å². The summed E-state index contributed by atoms with van der Waals surface area (Å²) < 4.78 is 12.1. The Labute approximate surface area is 216 Å². The van der Waals surface area contributed by atoms with Crippen LogP contribution in [0.3, 0.4) is 0 Å². The first-order chi connectivity index (χ1) is 17.2. The number of fused-ring (bicyclic) bond motifs is 1.